The predicted octanol–water partition coefficient (Wildman–Crippen LogP) is 3.52. The SMILES string of the molecule is Cc1ccc(NC2=C(Cl)C(=O)O[C@@H]2[C@@H](O)c2ccccc2)cc1. The van der Waals surface area contributed by atoms with E-state index in [1.807, 2.05) is 49.4 Å². The lowest BCUT2D eigenvalue weighted by Crippen LogP contribution is -2.25. The van der Waals surface area contributed by atoms with E-state index in [0.29, 0.717) is 11.3 Å². The lowest BCUT2D eigenvalue weighted by Gasteiger charge is -2.21. The lowest BCUT2D eigenvalue weighted by molar-refractivity contribution is -0.143. The molecule has 0 spiro atoms. The van der Waals surface area contributed by atoms with Crippen LogP contribution in [0.2, 0.25) is 0 Å². The summed E-state index contributed by atoms with van der Waals surface area (Å²) < 4.78 is 5.24. The molecule has 5 heteroatoms. The average molecular weight is 330 g/mol. The molecular formula is C18H16ClNO3. The normalized spacial score (nSPS) is 18.7. The molecule has 2 aromatic rings. The summed E-state index contributed by atoms with van der Waals surface area (Å²) in [5.41, 5.74) is 2.92. The first-order valence-electron chi connectivity index (χ1n) is 7.23. The monoisotopic (exact) mass is 329 g/mol. The minimum absolute atomic E-state index is 0.0365. The van der Waals surface area contributed by atoms with E-state index >= 15 is 0 Å². The molecule has 1 aliphatic rings. The largest absolute Gasteiger partial charge is 0.448 e. The Morgan fingerprint density at radius 2 is 1.78 bits per heavy atom. The highest BCUT2D eigenvalue weighted by atomic mass is 35.5. The molecule has 0 saturated carbocycles. The average Bonchev–Trinajstić information content (AvgIpc) is 2.85. The zero-order valence-corrected chi connectivity index (χ0v) is 13.2. The zero-order valence-electron chi connectivity index (χ0n) is 12.5. The number of ether oxygens (including phenoxy) is 1. The highest BCUT2D eigenvalue weighted by Gasteiger charge is 2.38. The Bertz CT molecular complexity index is 741. The van der Waals surface area contributed by atoms with Crippen molar-refractivity contribution in [3.63, 3.8) is 0 Å². The van der Waals surface area contributed by atoms with Gasteiger partial charge in [0.05, 0.1) is 5.70 Å². The van der Waals surface area contributed by atoms with E-state index in [2.05, 4.69) is 5.32 Å². The van der Waals surface area contributed by atoms with Crippen molar-refractivity contribution in [3.8, 4) is 0 Å². The number of hydrogen-bond donors (Lipinski definition) is 2. The first kappa shape index (κ1) is 15.6. The van der Waals surface area contributed by atoms with Gasteiger partial charge in [0.2, 0.25) is 0 Å². The Balaban J connectivity index is 1.88. The molecular weight excluding hydrogens is 314 g/mol. The van der Waals surface area contributed by atoms with Gasteiger partial charge in [-0.25, -0.2) is 4.79 Å². The molecule has 1 aliphatic heterocycles. The van der Waals surface area contributed by atoms with Crippen LogP contribution in [0, 0.1) is 6.92 Å². The molecule has 0 fully saturated rings. The van der Waals surface area contributed by atoms with Gasteiger partial charge in [0.25, 0.3) is 0 Å². The summed E-state index contributed by atoms with van der Waals surface area (Å²) in [7, 11) is 0. The minimum Gasteiger partial charge on any atom is -0.448 e. The molecule has 118 valence electrons. The molecule has 0 radical (unpaired) electrons. The van der Waals surface area contributed by atoms with Crippen LogP contribution in [-0.2, 0) is 9.53 Å². The minimum atomic E-state index is -0.996. The number of hydrogen-bond acceptors (Lipinski definition) is 4. The van der Waals surface area contributed by atoms with Crippen molar-refractivity contribution in [2.24, 2.45) is 0 Å². The highest BCUT2D eigenvalue weighted by Crippen LogP contribution is 2.34. The van der Waals surface area contributed by atoms with E-state index in [9.17, 15) is 9.90 Å². The quantitative estimate of drug-likeness (QED) is 0.843. The summed E-state index contributed by atoms with van der Waals surface area (Å²) in [5, 5.41) is 13.6. The third-order valence-electron chi connectivity index (χ3n) is 3.69. The second kappa shape index (κ2) is 6.44. The van der Waals surface area contributed by atoms with Crippen molar-refractivity contribution >= 4 is 23.3 Å². The van der Waals surface area contributed by atoms with E-state index in [0.717, 1.165) is 11.3 Å². The number of esters is 1. The Morgan fingerprint density at radius 1 is 1.13 bits per heavy atom. The Morgan fingerprint density at radius 3 is 2.43 bits per heavy atom. The molecule has 1 heterocycles. The number of anilines is 1. The standard InChI is InChI=1S/C18H16ClNO3/c1-11-7-9-13(10-8-11)20-15-14(19)18(22)23-17(15)16(21)12-5-3-2-4-6-12/h2-10,16-17,20-21H,1H3/t16-,17-/m0/s1. The highest BCUT2D eigenvalue weighted by molar-refractivity contribution is 6.42. The van der Waals surface area contributed by atoms with Gasteiger partial charge in [-0.15, -0.1) is 0 Å². The number of rotatable bonds is 4. The molecule has 2 N–H and O–H groups in total. The van der Waals surface area contributed by atoms with E-state index in [4.69, 9.17) is 16.3 Å². The second-order valence-electron chi connectivity index (χ2n) is 5.40. The third kappa shape index (κ3) is 3.23. The molecule has 0 aromatic heterocycles. The van der Waals surface area contributed by atoms with Gasteiger partial charge in [0.1, 0.15) is 11.1 Å². The van der Waals surface area contributed by atoms with Crippen molar-refractivity contribution in [2.75, 3.05) is 5.32 Å². The fraction of sp³-hybridized carbons (Fsp3) is 0.167. The maximum absolute atomic E-state index is 11.8. The van der Waals surface area contributed by atoms with Crippen molar-refractivity contribution in [2.45, 2.75) is 19.1 Å². The van der Waals surface area contributed by atoms with Crippen molar-refractivity contribution in [1.82, 2.24) is 0 Å². The summed E-state index contributed by atoms with van der Waals surface area (Å²) in [6.07, 6.45) is -1.86. The van der Waals surface area contributed by atoms with Crippen LogP contribution in [0.5, 0.6) is 0 Å². The van der Waals surface area contributed by atoms with Gasteiger partial charge in [0.15, 0.2) is 6.10 Å². The van der Waals surface area contributed by atoms with E-state index in [1.165, 1.54) is 0 Å². The number of nitrogens with one attached hydrogen (secondary N) is 1. The second-order valence-corrected chi connectivity index (χ2v) is 5.78. The number of carbonyl (C=O) groups excluding carboxylic acids is 1. The lowest BCUT2D eigenvalue weighted by atomic mass is 10.0. The van der Waals surface area contributed by atoms with Gasteiger partial charge in [-0.2, -0.15) is 0 Å². The van der Waals surface area contributed by atoms with Crippen molar-refractivity contribution in [3.05, 3.63) is 76.5 Å². The Kier molecular flexibility index (Phi) is 4.37. The molecule has 2 atom stereocenters. The number of aryl methyl sites for hydroxylation is 1. The molecule has 2 aromatic carbocycles. The fourth-order valence-electron chi connectivity index (χ4n) is 2.43. The van der Waals surface area contributed by atoms with Crippen LogP contribution >= 0.6 is 11.6 Å². The first-order valence-corrected chi connectivity index (χ1v) is 7.61. The number of carbonyl (C=O) groups is 1. The smallest absolute Gasteiger partial charge is 0.352 e. The molecule has 23 heavy (non-hydrogen) atoms. The molecule has 0 saturated heterocycles. The summed E-state index contributed by atoms with van der Waals surface area (Å²) >= 11 is 6.07. The number of aliphatic hydroxyl groups excluding tert-OH is 1. The number of benzene rings is 2. The van der Waals surface area contributed by atoms with Crippen LogP contribution in [0.3, 0.4) is 0 Å². The van der Waals surface area contributed by atoms with E-state index in [-0.39, 0.29) is 5.03 Å². The molecule has 0 amide bonds. The first-order chi connectivity index (χ1) is 11.1. The van der Waals surface area contributed by atoms with Crippen LogP contribution < -0.4 is 5.32 Å². The number of cyclic esters (lactones) is 1. The van der Waals surface area contributed by atoms with Gasteiger partial charge >= 0.3 is 5.97 Å². The Labute approximate surface area is 139 Å². The van der Waals surface area contributed by atoms with Crippen LogP contribution in [-0.4, -0.2) is 17.2 Å². The summed E-state index contributed by atoms with van der Waals surface area (Å²) in [6, 6.07) is 16.7. The van der Waals surface area contributed by atoms with Crippen molar-refractivity contribution in [1.29, 1.82) is 0 Å². The number of aliphatic hydroxyl groups is 1. The van der Waals surface area contributed by atoms with Crippen LogP contribution in [0.1, 0.15) is 17.2 Å². The van der Waals surface area contributed by atoms with Crippen LogP contribution in [0.25, 0.3) is 0 Å². The van der Waals surface area contributed by atoms with Gasteiger partial charge in [-0.3, -0.25) is 0 Å². The molecule has 0 bridgehead atoms. The van der Waals surface area contributed by atoms with Crippen LogP contribution in [0.4, 0.5) is 5.69 Å². The third-order valence-corrected chi connectivity index (χ3v) is 4.05. The maximum atomic E-state index is 11.8. The predicted molar refractivity (Wildman–Crippen MR) is 89.0 cm³/mol. The summed E-state index contributed by atoms with van der Waals surface area (Å²) in [5.74, 6) is -0.638. The van der Waals surface area contributed by atoms with E-state index < -0.39 is 18.2 Å². The summed E-state index contributed by atoms with van der Waals surface area (Å²) in [6.45, 7) is 1.99. The topological polar surface area (TPSA) is 58.6 Å². The van der Waals surface area contributed by atoms with E-state index in [1.54, 1.807) is 12.1 Å². The number of halogens is 1. The zero-order chi connectivity index (χ0) is 16.4. The van der Waals surface area contributed by atoms with Gasteiger partial charge in [-0.1, -0.05) is 59.6 Å². The molecule has 0 unspecified atom stereocenters. The maximum Gasteiger partial charge on any atom is 0.352 e. The van der Waals surface area contributed by atoms with Crippen LogP contribution in [0.15, 0.2) is 65.3 Å². The molecule has 0 aliphatic carbocycles. The Hall–Kier alpha value is -2.30. The van der Waals surface area contributed by atoms with Crippen molar-refractivity contribution < 1.29 is 14.6 Å². The fourth-order valence-corrected chi connectivity index (χ4v) is 2.63. The van der Waals surface area contributed by atoms with Gasteiger partial charge in [0, 0.05) is 5.69 Å². The summed E-state index contributed by atoms with van der Waals surface area (Å²) in [4.78, 5) is 11.8. The molecule has 4 nitrogen and oxygen atoms in total. The van der Waals surface area contributed by atoms with Gasteiger partial charge < -0.3 is 15.2 Å². The van der Waals surface area contributed by atoms with Gasteiger partial charge in [-0.05, 0) is 24.6 Å². The molecule has 3 rings (SSSR count).